The molecule has 0 atom stereocenters. The van der Waals surface area contributed by atoms with Crippen LogP contribution in [0.15, 0.2) is 0 Å². The van der Waals surface area contributed by atoms with Crippen molar-refractivity contribution in [1.82, 2.24) is 15.1 Å². The van der Waals surface area contributed by atoms with Crippen LogP contribution in [0.25, 0.3) is 0 Å². The molecule has 0 spiro atoms. The van der Waals surface area contributed by atoms with Crippen molar-refractivity contribution in [3.8, 4) is 0 Å². The second-order valence-electron chi connectivity index (χ2n) is 6.85. The van der Waals surface area contributed by atoms with E-state index in [0.29, 0.717) is 51.3 Å². The van der Waals surface area contributed by atoms with Crippen LogP contribution >= 0.6 is 0 Å². The molecule has 1 aromatic rings. The Hall–Kier alpha value is -1.89. The second-order valence-corrected chi connectivity index (χ2v) is 6.85. The number of aromatic nitrogens is 2. The van der Waals surface area contributed by atoms with Gasteiger partial charge in [0.1, 0.15) is 0 Å². The summed E-state index contributed by atoms with van der Waals surface area (Å²) < 4.78 is 12.8. The number of esters is 1. The summed E-state index contributed by atoms with van der Waals surface area (Å²) >= 11 is 0. The summed E-state index contributed by atoms with van der Waals surface area (Å²) in [5, 5.41) is 7.63. The van der Waals surface area contributed by atoms with Gasteiger partial charge in [0.2, 0.25) is 0 Å². The van der Waals surface area contributed by atoms with Gasteiger partial charge in [-0.25, -0.2) is 0 Å². The molecular weight excluding hydrogens is 334 g/mol. The van der Waals surface area contributed by atoms with Crippen molar-refractivity contribution in [3.63, 3.8) is 0 Å². The molecule has 0 fully saturated rings. The van der Waals surface area contributed by atoms with Crippen LogP contribution in [0.2, 0.25) is 0 Å². The molecule has 0 aromatic carbocycles. The van der Waals surface area contributed by atoms with Crippen molar-refractivity contribution in [1.29, 1.82) is 0 Å². The quantitative estimate of drug-likeness (QED) is 0.617. The third-order valence-electron chi connectivity index (χ3n) is 4.38. The fraction of sp³-hybridized carbons (Fsp3) is 0.737. The molecule has 1 amide bonds. The first kappa shape index (κ1) is 20.4. The summed E-state index contributed by atoms with van der Waals surface area (Å²) in [6.07, 6.45) is 3.81. The van der Waals surface area contributed by atoms with Gasteiger partial charge in [-0.05, 0) is 25.7 Å². The van der Waals surface area contributed by atoms with E-state index < -0.39 is 0 Å². The fourth-order valence-corrected chi connectivity index (χ4v) is 2.96. The molecule has 7 nitrogen and oxygen atoms in total. The first-order valence-electron chi connectivity index (χ1n) is 9.65. The van der Waals surface area contributed by atoms with Gasteiger partial charge in [-0.1, -0.05) is 20.8 Å². The zero-order valence-corrected chi connectivity index (χ0v) is 16.2. The Labute approximate surface area is 155 Å². The topological polar surface area (TPSA) is 82.5 Å². The maximum Gasteiger partial charge on any atom is 0.308 e. The van der Waals surface area contributed by atoms with Gasteiger partial charge in [-0.3, -0.25) is 14.3 Å². The van der Waals surface area contributed by atoms with Gasteiger partial charge >= 0.3 is 5.97 Å². The number of carbonyl (C=O) groups is 2. The van der Waals surface area contributed by atoms with Gasteiger partial charge in [0.05, 0.1) is 29.5 Å². The maximum atomic E-state index is 12.6. The summed E-state index contributed by atoms with van der Waals surface area (Å²) in [4.78, 5) is 24.2. The van der Waals surface area contributed by atoms with Gasteiger partial charge < -0.3 is 14.8 Å². The van der Waals surface area contributed by atoms with Crippen LogP contribution in [-0.2, 0) is 33.7 Å². The van der Waals surface area contributed by atoms with E-state index in [0.717, 1.165) is 30.7 Å². The maximum absolute atomic E-state index is 12.6. The van der Waals surface area contributed by atoms with E-state index in [2.05, 4.69) is 10.4 Å². The van der Waals surface area contributed by atoms with E-state index in [-0.39, 0.29) is 17.8 Å². The van der Waals surface area contributed by atoms with Crippen molar-refractivity contribution in [3.05, 3.63) is 17.0 Å². The highest BCUT2D eigenvalue weighted by atomic mass is 16.5. The summed E-state index contributed by atoms with van der Waals surface area (Å²) in [5.41, 5.74) is 2.51. The highest BCUT2D eigenvalue weighted by Gasteiger charge is 2.22. The van der Waals surface area contributed by atoms with Crippen LogP contribution < -0.4 is 5.32 Å². The smallest absolute Gasteiger partial charge is 0.308 e. The number of fused-ring (bicyclic) bond motifs is 1. The molecule has 0 radical (unpaired) electrons. The number of hydrogen-bond donors (Lipinski definition) is 1. The molecule has 7 heteroatoms. The van der Waals surface area contributed by atoms with Gasteiger partial charge in [0.25, 0.3) is 5.91 Å². The lowest BCUT2D eigenvalue weighted by molar-refractivity contribution is -0.147. The Morgan fingerprint density at radius 1 is 1.35 bits per heavy atom. The molecule has 0 unspecified atom stereocenters. The van der Waals surface area contributed by atoms with E-state index in [1.807, 2.05) is 25.5 Å². The van der Waals surface area contributed by atoms with E-state index >= 15 is 0 Å². The molecule has 0 saturated carbocycles. The molecular formula is C19H31N3O4. The van der Waals surface area contributed by atoms with Gasteiger partial charge in [0, 0.05) is 32.7 Å². The minimum absolute atomic E-state index is 0.0452. The van der Waals surface area contributed by atoms with Crippen molar-refractivity contribution >= 4 is 11.9 Å². The van der Waals surface area contributed by atoms with Crippen LogP contribution in [0.5, 0.6) is 0 Å². The fourth-order valence-electron chi connectivity index (χ4n) is 2.96. The number of rotatable bonds is 6. The summed E-state index contributed by atoms with van der Waals surface area (Å²) in [7, 11) is 0. The zero-order valence-electron chi connectivity index (χ0n) is 16.2. The summed E-state index contributed by atoms with van der Waals surface area (Å²) in [5.74, 6) is -0.349. The zero-order chi connectivity index (χ0) is 18.9. The molecule has 1 aliphatic heterocycles. The van der Waals surface area contributed by atoms with Gasteiger partial charge in [-0.2, -0.15) is 5.10 Å². The van der Waals surface area contributed by atoms with Crippen molar-refractivity contribution in [2.75, 3.05) is 26.4 Å². The number of nitrogens with zero attached hydrogens (tertiary/aromatic N) is 2. The third kappa shape index (κ3) is 5.56. The number of amides is 1. The number of nitrogens with one attached hydrogen (secondary N) is 1. The first-order chi connectivity index (χ1) is 12.5. The third-order valence-corrected chi connectivity index (χ3v) is 4.38. The minimum Gasteiger partial charge on any atom is -0.465 e. The molecule has 2 rings (SSSR count). The Balaban J connectivity index is 2.11. The molecule has 1 aromatic heterocycles. The first-order valence-corrected chi connectivity index (χ1v) is 9.65. The molecule has 26 heavy (non-hydrogen) atoms. The molecule has 146 valence electrons. The van der Waals surface area contributed by atoms with Crippen LogP contribution in [0.1, 0.15) is 61.8 Å². The summed E-state index contributed by atoms with van der Waals surface area (Å²) in [6.45, 7) is 8.61. The lowest BCUT2D eigenvalue weighted by atomic mass is 10.1. The Kier molecular flexibility index (Phi) is 8.09. The highest BCUT2D eigenvalue weighted by molar-refractivity contribution is 5.96. The molecule has 1 aliphatic rings. The highest BCUT2D eigenvalue weighted by Crippen LogP contribution is 2.19. The monoisotopic (exact) mass is 365 g/mol. The minimum atomic E-state index is -0.185. The average Bonchev–Trinajstić information content (AvgIpc) is 2.95. The van der Waals surface area contributed by atoms with Gasteiger partial charge in [-0.15, -0.1) is 0 Å². The number of ether oxygens (including phenoxy) is 2. The van der Waals surface area contributed by atoms with Crippen LogP contribution in [-0.4, -0.2) is 48.0 Å². The number of aryl methyl sites for hydroxylation is 2. The van der Waals surface area contributed by atoms with Crippen molar-refractivity contribution in [2.45, 2.75) is 59.4 Å². The Morgan fingerprint density at radius 3 is 2.85 bits per heavy atom. The largest absolute Gasteiger partial charge is 0.465 e. The molecule has 0 aliphatic carbocycles. The van der Waals surface area contributed by atoms with E-state index in [1.54, 1.807) is 0 Å². The average molecular weight is 365 g/mol. The van der Waals surface area contributed by atoms with Gasteiger partial charge in [0.15, 0.2) is 0 Å². The van der Waals surface area contributed by atoms with Crippen LogP contribution in [0.4, 0.5) is 0 Å². The number of carbonyl (C=O) groups excluding carboxylic acids is 2. The van der Waals surface area contributed by atoms with Crippen LogP contribution in [0, 0.1) is 5.92 Å². The van der Waals surface area contributed by atoms with Crippen LogP contribution in [0.3, 0.4) is 0 Å². The molecule has 1 N–H and O–H groups in total. The predicted molar refractivity (Wildman–Crippen MR) is 98.1 cm³/mol. The van der Waals surface area contributed by atoms with Crippen molar-refractivity contribution in [2.24, 2.45) is 5.92 Å². The normalized spacial score (nSPS) is 15.9. The molecule has 2 heterocycles. The SMILES string of the molecule is CCc1nn(CCCOC(=O)C(C)C)c2c1C(=O)NCCCOCCC2. The van der Waals surface area contributed by atoms with E-state index in [9.17, 15) is 9.59 Å². The Bertz CT molecular complexity index is 610. The Morgan fingerprint density at radius 2 is 2.12 bits per heavy atom. The molecule has 0 saturated heterocycles. The lowest BCUT2D eigenvalue weighted by Crippen LogP contribution is -2.26. The van der Waals surface area contributed by atoms with Crippen molar-refractivity contribution < 1.29 is 19.1 Å². The molecule has 0 bridgehead atoms. The van der Waals surface area contributed by atoms with E-state index in [1.165, 1.54) is 0 Å². The second kappa shape index (κ2) is 10.3. The van der Waals surface area contributed by atoms with E-state index in [4.69, 9.17) is 9.47 Å². The number of hydrogen-bond acceptors (Lipinski definition) is 5. The standard InChI is InChI=1S/C19H31N3O4/c1-4-15-17-16(8-5-11-25-12-6-9-20-18(17)23)22(21-15)10-7-13-26-19(24)14(2)3/h14H,4-13H2,1-3H3,(H,20,23). The summed E-state index contributed by atoms with van der Waals surface area (Å²) in [6, 6.07) is 0. The lowest BCUT2D eigenvalue weighted by Gasteiger charge is -2.10. The predicted octanol–water partition coefficient (Wildman–Crippen LogP) is 2.12.